The minimum Gasteiger partial charge on any atom is -0.378 e. The van der Waals surface area contributed by atoms with Gasteiger partial charge in [0, 0.05) is 29.8 Å². The van der Waals surface area contributed by atoms with Gasteiger partial charge in [0.1, 0.15) is 5.38 Å². The molecule has 0 N–H and O–H groups in total. The van der Waals surface area contributed by atoms with E-state index >= 15 is 0 Å². The molecule has 2 nitrogen and oxygen atoms in total. The minimum atomic E-state index is -0.763. The first-order valence-electron chi connectivity index (χ1n) is 7.22. The number of nitrogens with zero attached hydrogens (tertiary/aromatic N) is 1. The van der Waals surface area contributed by atoms with E-state index in [9.17, 15) is 4.79 Å². The lowest BCUT2D eigenvalue weighted by atomic mass is 10.0. The molecular formula is C18H18BrCl2NO. The van der Waals surface area contributed by atoms with E-state index in [4.69, 9.17) is 23.2 Å². The Bertz CT molecular complexity index is 673. The fourth-order valence-corrected chi connectivity index (χ4v) is 3.19. The molecule has 0 aromatic heterocycles. The van der Waals surface area contributed by atoms with Crippen molar-refractivity contribution in [2.45, 2.75) is 17.2 Å². The highest BCUT2D eigenvalue weighted by Gasteiger charge is 2.25. The molecule has 0 saturated heterocycles. The van der Waals surface area contributed by atoms with Gasteiger partial charge in [0.2, 0.25) is 0 Å². The Kier molecular flexibility index (Phi) is 6.51. The van der Waals surface area contributed by atoms with E-state index in [0.717, 1.165) is 15.7 Å². The first-order valence-corrected chi connectivity index (χ1v) is 8.89. The molecule has 0 radical (unpaired) electrons. The number of alkyl halides is 2. The van der Waals surface area contributed by atoms with Gasteiger partial charge in [-0.1, -0.05) is 28.1 Å². The van der Waals surface area contributed by atoms with E-state index in [1.54, 1.807) is 12.1 Å². The van der Waals surface area contributed by atoms with Crippen LogP contribution in [0.2, 0.25) is 0 Å². The average molecular weight is 415 g/mol. The van der Waals surface area contributed by atoms with Crippen molar-refractivity contribution in [3.8, 4) is 0 Å². The van der Waals surface area contributed by atoms with Crippen LogP contribution >= 0.6 is 39.1 Å². The summed E-state index contributed by atoms with van der Waals surface area (Å²) >= 11 is 16.1. The second kappa shape index (κ2) is 8.18. The number of ketones is 1. The smallest absolute Gasteiger partial charge is 0.182 e. The summed E-state index contributed by atoms with van der Waals surface area (Å²) in [5.74, 6) is -0.146. The van der Waals surface area contributed by atoms with Crippen LogP contribution < -0.4 is 4.90 Å². The molecule has 0 heterocycles. The molecule has 2 atom stereocenters. The maximum Gasteiger partial charge on any atom is 0.182 e. The maximum atomic E-state index is 12.5. The van der Waals surface area contributed by atoms with Crippen LogP contribution in [0.1, 0.15) is 15.9 Å². The van der Waals surface area contributed by atoms with Gasteiger partial charge < -0.3 is 4.90 Å². The van der Waals surface area contributed by atoms with Crippen molar-refractivity contribution >= 4 is 50.6 Å². The zero-order chi connectivity index (χ0) is 17.0. The predicted octanol–water partition coefficient (Wildman–Crippen LogP) is 5.16. The van der Waals surface area contributed by atoms with Gasteiger partial charge in [-0.15, -0.1) is 23.2 Å². The molecule has 0 amide bonds. The third-order valence-corrected chi connectivity index (χ3v) is 5.09. The van der Waals surface area contributed by atoms with E-state index in [2.05, 4.69) is 15.9 Å². The Morgan fingerprint density at radius 1 is 1.13 bits per heavy atom. The van der Waals surface area contributed by atoms with Gasteiger partial charge in [0.15, 0.2) is 5.78 Å². The second-order valence-corrected chi connectivity index (χ2v) is 7.50. The summed E-state index contributed by atoms with van der Waals surface area (Å²) in [7, 11) is 3.90. The van der Waals surface area contributed by atoms with E-state index < -0.39 is 10.8 Å². The average Bonchev–Trinajstić information content (AvgIpc) is 2.53. The highest BCUT2D eigenvalue weighted by molar-refractivity contribution is 9.10. The highest BCUT2D eigenvalue weighted by Crippen LogP contribution is 2.23. The van der Waals surface area contributed by atoms with E-state index in [0.29, 0.717) is 12.0 Å². The Morgan fingerprint density at radius 3 is 2.35 bits per heavy atom. The largest absolute Gasteiger partial charge is 0.378 e. The summed E-state index contributed by atoms with van der Waals surface area (Å²) in [5.41, 5.74) is 2.65. The zero-order valence-corrected chi connectivity index (χ0v) is 16.1. The first-order chi connectivity index (χ1) is 10.9. The van der Waals surface area contributed by atoms with Crippen molar-refractivity contribution in [2.24, 2.45) is 0 Å². The second-order valence-electron chi connectivity index (χ2n) is 5.56. The summed E-state index contributed by atoms with van der Waals surface area (Å²) in [4.78, 5) is 14.5. The quantitative estimate of drug-likeness (QED) is 0.480. The van der Waals surface area contributed by atoms with Crippen molar-refractivity contribution in [1.82, 2.24) is 0 Å². The monoisotopic (exact) mass is 413 g/mol. The van der Waals surface area contributed by atoms with Crippen LogP contribution in [-0.2, 0) is 6.42 Å². The predicted molar refractivity (Wildman–Crippen MR) is 102 cm³/mol. The van der Waals surface area contributed by atoms with Crippen LogP contribution in [0.3, 0.4) is 0 Å². The normalized spacial score (nSPS) is 13.4. The Hall–Kier alpha value is -1.03. The number of carbonyl (C=O) groups excluding carboxylic acids is 1. The van der Waals surface area contributed by atoms with Gasteiger partial charge in [-0.3, -0.25) is 4.79 Å². The van der Waals surface area contributed by atoms with Gasteiger partial charge >= 0.3 is 0 Å². The van der Waals surface area contributed by atoms with Gasteiger partial charge in [-0.25, -0.2) is 0 Å². The van der Waals surface area contributed by atoms with Crippen molar-refractivity contribution < 1.29 is 4.79 Å². The van der Waals surface area contributed by atoms with Crippen LogP contribution in [-0.4, -0.2) is 30.6 Å². The van der Waals surface area contributed by atoms with E-state index in [1.807, 2.05) is 55.4 Å². The molecule has 0 spiro atoms. The molecule has 0 aliphatic carbocycles. The standard InChI is InChI=1S/C18H18BrCl2NO/c1-22(2)15-8-6-13(7-9-15)18(23)17(21)16(20)11-12-4-3-5-14(19)10-12/h3-10,16-17H,11H2,1-2H3. The highest BCUT2D eigenvalue weighted by atomic mass is 79.9. The fraction of sp³-hybridized carbons (Fsp3) is 0.278. The van der Waals surface area contributed by atoms with Crippen LogP contribution in [0.5, 0.6) is 0 Å². The number of Topliss-reactive ketones (excluding diaryl/α,β-unsaturated/α-hetero) is 1. The number of benzene rings is 2. The lowest BCUT2D eigenvalue weighted by molar-refractivity contribution is 0.0985. The molecule has 2 rings (SSSR count). The van der Waals surface area contributed by atoms with Gasteiger partial charge in [0.05, 0.1) is 5.38 Å². The number of carbonyl (C=O) groups is 1. The van der Waals surface area contributed by atoms with Gasteiger partial charge in [0.25, 0.3) is 0 Å². The first kappa shape index (κ1) is 18.3. The Balaban J connectivity index is 2.06. The molecule has 2 aromatic rings. The number of halogens is 3. The molecule has 0 aliphatic rings. The van der Waals surface area contributed by atoms with Gasteiger partial charge in [-0.05, 0) is 48.4 Å². The van der Waals surface area contributed by atoms with Crippen LogP contribution in [0.15, 0.2) is 53.0 Å². The summed E-state index contributed by atoms with van der Waals surface area (Å²) in [6.07, 6.45) is 0.538. The molecule has 0 saturated carbocycles. The lowest BCUT2D eigenvalue weighted by Crippen LogP contribution is -2.27. The molecule has 2 unspecified atom stereocenters. The molecule has 0 aliphatic heterocycles. The summed E-state index contributed by atoms with van der Waals surface area (Å²) in [6.45, 7) is 0. The van der Waals surface area contributed by atoms with Crippen molar-refractivity contribution in [1.29, 1.82) is 0 Å². The van der Waals surface area contributed by atoms with Crippen molar-refractivity contribution in [3.63, 3.8) is 0 Å². The molecule has 5 heteroatoms. The summed E-state index contributed by atoms with van der Waals surface area (Å²) in [5, 5.41) is -1.23. The number of hydrogen-bond acceptors (Lipinski definition) is 2. The van der Waals surface area contributed by atoms with Crippen LogP contribution in [0, 0.1) is 0 Å². The van der Waals surface area contributed by atoms with Gasteiger partial charge in [-0.2, -0.15) is 0 Å². The topological polar surface area (TPSA) is 20.3 Å². The summed E-state index contributed by atoms with van der Waals surface area (Å²) < 4.78 is 0.982. The lowest BCUT2D eigenvalue weighted by Gasteiger charge is -2.17. The van der Waals surface area contributed by atoms with E-state index in [1.165, 1.54) is 0 Å². The molecule has 122 valence electrons. The van der Waals surface area contributed by atoms with Crippen LogP contribution in [0.4, 0.5) is 5.69 Å². The van der Waals surface area contributed by atoms with E-state index in [-0.39, 0.29) is 5.78 Å². The molecule has 2 aromatic carbocycles. The number of hydrogen-bond donors (Lipinski definition) is 0. The Labute approximate surface area is 155 Å². The summed E-state index contributed by atoms with van der Waals surface area (Å²) in [6, 6.07) is 15.2. The van der Waals surface area contributed by atoms with Crippen molar-refractivity contribution in [2.75, 3.05) is 19.0 Å². The molecular weight excluding hydrogens is 397 g/mol. The van der Waals surface area contributed by atoms with Crippen LogP contribution in [0.25, 0.3) is 0 Å². The molecule has 0 fully saturated rings. The molecule has 23 heavy (non-hydrogen) atoms. The zero-order valence-electron chi connectivity index (χ0n) is 13.0. The minimum absolute atomic E-state index is 0.146. The molecule has 0 bridgehead atoms. The maximum absolute atomic E-state index is 12.5. The third-order valence-electron chi connectivity index (χ3n) is 3.56. The Morgan fingerprint density at radius 2 is 1.78 bits per heavy atom. The number of anilines is 1. The van der Waals surface area contributed by atoms with Crippen molar-refractivity contribution in [3.05, 3.63) is 64.1 Å². The number of rotatable bonds is 6. The SMILES string of the molecule is CN(C)c1ccc(C(=O)C(Cl)C(Cl)Cc2cccc(Br)c2)cc1. The third kappa shape index (κ3) is 4.97. The fourth-order valence-electron chi connectivity index (χ4n) is 2.24.